The van der Waals surface area contributed by atoms with Gasteiger partial charge in [0.05, 0.1) is 45.0 Å². The zero-order chi connectivity index (χ0) is 37.7. The summed E-state index contributed by atoms with van der Waals surface area (Å²) in [6, 6.07) is 4.49. The molecular weight excluding hydrogens is 745 g/mol. The highest BCUT2D eigenvalue weighted by Crippen LogP contribution is 2.53. The zero-order valence-electron chi connectivity index (χ0n) is 29.9. The number of nitrogens with zero attached hydrogens (tertiary/aromatic N) is 5. The van der Waals surface area contributed by atoms with Gasteiger partial charge in [-0.1, -0.05) is 17.7 Å². The normalized spacial score (nSPS) is 26.2. The second-order valence-electron chi connectivity index (χ2n) is 15.8. The summed E-state index contributed by atoms with van der Waals surface area (Å²) < 4.78 is 72.0. The van der Waals surface area contributed by atoms with Gasteiger partial charge in [-0.15, -0.1) is 11.3 Å². The monoisotopic (exact) mass is 782 g/mol. The van der Waals surface area contributed by atoms with Crippen LogP contribution in [0.25, 0.3) is 32.1 Å². The fourth-order valence-electron chi connectivity index (χ4n) is 9.19. The molecule has 0 bridgehead atoms. The molecular formula is C38H38ClF3N6O5S. The first-order chi connectivity index (χ1) is 25.9. The second kappa shape index (κ2) is 13.0. The van der Waals surface area contributed by atoms with E-state index < -0.39 is 35.0 Å². The van der Waals surface area contributed by atoms with E-state index in [1.807, 2.05) is 0 Å². The number of ether oxygens (including phenoxy) is 4. The van der Waals surface area contributed by atoms with Gasteiger partial charge in [-0.3, -0.25) is 10.2 Å². The number of nitriles is 1. The highest BCUT2D eigenvalue weighted by Gasteiger charge is 2.50. The van der Waals surface area contributed by atoms with Crippen LogP contribution >= 0.6 is 22.9 Å². The first kappa shape index (κ1) is 35.6. The molecule has 11 nitrogen and oxygen atoms in total. The molecule has 0 radical (unpaired) electrons. The van der Waals surface area contributed by atoms with Gasteiger partial charge in [-0.25, -0.2) is 18.0 Å². The van der Waals surface area contributed by atoms with Crippen LogP contribution < -0.4 is 19.7 Å². The van der Waals surface area contributed by atoms with E-state index in [-0.39, 0.29) is 90.9 Å². The standard InChI is InChI=1S/C38H38ClF3N6O5S/c1-37(2,3)53-36(49)46-34-21(15-43)25-20(5-6-22(41)32(25)54-34)26-28(39)31-27-30(29(26)42)44-35(52-17-38-9-4-10-47(38)16-18(40)14-38)45-33(27)48-19(7-11-51-31)13-24-23(48)8-12-50-24/h5-6,18-19,23-24H,4,7-14,16-17H2,1-3H3,(H,46,49)/t18-,19-,23+,24+,38+/m1/s1. The number of halogens is 4. The molecule has 9 rings (SSSR count). The van der Waals surface area contributed by atoms with Crippen molar-refractivity contribution in [2.45, 2.75) is 94.8 Å². The lowest BCUT2D eigenvalue weighted by atomic mass is 9.95. The molecule has 5 atom stereocenters. The fourth-order valence-corrected chi connectivity index (χ4v) is 10.6. The van der Waals surface area contributed by atoms with Gasteiger partial charge < -0.3 is 23.8 Å². The number of carbonyl (C=O) groups is 1. The smallest absolute Gasteiger partial charge is 0.412 e. The predicted octanol–water partition coefficient (Wildman–Crippen LogP) is 8.14. The van der Waals surface area contributed by atoms with Gasteiger partial charge in [0.2, 0.25) is 0 Å². The first-order valence-electron chi connectivity index (χ1n) is 18.3. The number of aromatic nitrogens is 2. The van der Waals surface area contributed by atoms with Gasteiger partial charge in [0.15, 0.2) is 11.6 Å². The largest absolute Gasteiger partial charge is 0.491 e. The molecule has 5 aliphatic heterocycles. The summed E-state index contributed by atoms with van der Waals surface area (Å²) in [5.41, 5.74) is -1.60. The van der Waals surface area contributed by atoms with Crippen molar-refractivity contribution < 1.29 is 36.9 Å². The molecule has 7 heterocycles. The van der Waals surface area contributed by atoms with E-state index >= 15 is 8.78 Å². The summed E-state index contributed by atoms with van der Waals surface area (Å²) in [6.07, 6.45) is 2.31. The minimum atomic E-state index is -0.964. The third-order valence-electron chi connectivity index (χ3n) is 11.3. The lowest BCUT2D eigenvalue weighted by molar-refractivity contribution is 0.0636. The maximum Gasteiger partial charge on any atom is 0.412 e. The number of alkyl halides is 1. The summed E-state index contributed by atoms with van der Waals surface area (Å²) >= 11 is 8.00. The number of nitrogens with one attached hydrogen (secondary N) is 1. The van der Waals surface area contributed by atoms with E-state index in [4.69, 9.17) is 35.5 Å². The van der Waals surface area contributed by atoms with Crippen LogP contribution in [0.4, 0.5) is 28.8 Å². The van der Waals surface area contributed by atoms with Gasteiger partial charge in [0.25, 0.3) is 0 Å². The Labute approximate surface area is 318 Å². The fraction of sp³-hybridized carbons (Fsp3) is 0.526. The molecule has 1 N–H and O–H groups in total. The Bertz CT molecular complexity index is 2260. The molecule has 54 heavy (non-hydrogen) atoms. The van der Waals surface area contributed by atoms with Crippen molar-refractivity contribution in [3.63, 3.8) is 0 Å². The minimum Gasteiger partial charge on any atom is -0.491 e. The summed E-state index contributed by atoms with van der Waals surface area (Å²) in [5, 5.41) is 13.2. The summed E-state index contributed by atoms with van der Waals surface area (Å²) in [6.45, 7) is 7.17. The number of benzene rings is 2. The number of hydrogen-bond donors (Lipinski definition) is 1. The topological polar surface area (TPSA) is 122 Å². The van der Waals surface area contributed by atoms with E-state index in [2.05, 4.69) is 26.2 Å². The van der Waals surface area contributed by atoms with Crippen LogP contribution in [0.3, 0.4) is 0 Å². The van der Waals surface area contributed by atoms with Gasteiger partial charge in [-0.2, -0.15) is 15.2 Å². The van der Waals surface area contributed by atoms with Crippen molar-refractivity contribution in [2.75, 3.05) is 43.1 Å². The molecule has 5 aliphatic rings. The lowest BCUT2D eigenvalue weighted by Gasteiger charge is -2.34. The van der Waals surface area contributed by atoms with Gasteiger partial charge in [0, 0.05) is 43.0 Å². The van der Waals surface area contributed by atoms with E-state index in [1.165, 1.54) is 6.07 Å². The van der Waals surface area contributed by atoms with Crippen molar-refractivity contribution in [1.82, 2.24) is 14.9 Å². The highest BCUT2D eigenvalue weighted by molar-refractivity contribution is 7.23. The van der Waals surface area contributed by atoms with E-state index in [1.54, 1.807) is 20.8 Å². The summed E-state index contributed by atoms with van der Waals surface area (Å²) in [7, 11) is 0. The maximum atomic E-state index is 17.6. The number of thiophene rings is 1. The average molecular weight is 783 g/mol. The number of hydrogen-bond acceptors (Lipinski definition) is 11. The van der Waals surface area contributed by atoms with Crippen LogP contribution in [-0.4, -0.2) is 89.4 Å². The molecule has 0 spiro atoms. The lowest BCUT2D eigenvalue weighted by Crippen LogP contribution is -2.43. The molecule has 4 saturated heterocycles. The number of fused-ring (bicyclic) bond motifs is 6. The van der Waals surface area contributed by atoms with E-state index in [0.29, 0.717) is 31.8 Å². The van der Waals surface area contributed by atoms with Gasteiger partial charge in [-0.05, 0) is 64.6 Å². The predicted molar refractivity (Wildman–Crippen MR) is 198 cm³/mol. The Kier molecular flexibility index (Phi) is 8.57. The molecule has 4 aromatic rings. The van der Waals surface area contributed by atoms with Crippen molar-refractivity contribution in [3.8, 4) is 29.0 Å². The molecule has 0 saturated carbocycles. The minimum absolute atomic E-state index is 0.0106. The molecule has 4 fully saturated rings. The van der Waals surface area contributed by atoms with E-state index in [0.717, 1.165) is 49.6 Å². The molecule has 2 aromatic carbocycles. The summed E-state index contributed by atoms with van der Waals surface area (Å²) in [5.74, 6) is -0.953. The molecule has 0 aliphatic carbocycles. The number of anilines is 2. The zero-order valence-corrected chi connectivity index (χ0v) is 31.5. The quantitative estimate of drug-likeness (QED) is 0.212. The summed E-state index contributed by atoms with van der Waals surface area (Å²) in [4.78, 5) is 26.7. The Morgan fingerprint density at radius 2 is 2.06 bits per heavy atom. The van der Waals surface area contributed by atoms with Gasteiger partial charge in [0.1, 0.15) is 46.6 Å². The SMILES string of the molecule is CC(C)(C)OC(=O)Nc1sc2c(F)ccc(-c3c(Cl)c4c5c(nc(OC[C@@]67CCCN6C[C@H](F)C7)nc5c3F)N3[C@H](CCO4)C[C@@H]4OCC[C@@H]43)c2c1C#N. The maximum absolute atomic E-state index is 17.6. The van der Waals surface area contributed by atoms with E-state index in [9.17, 15) is 14.4 Å². The Morgan fingerprint density at radius 3 is 2.85 bits per heavy atom. The van der Waals surface area contributed by atoms with Crippen molar-refractivity contribution in [2.24, 2.45) is 0 Å². The van der Waals surface area contributed by atoms with Crippen molar-refractivity contribution in [3.05, 3.63) is 34.4 Å². The molecule has 2 aromatic heterocycles. The number of carbonyl (C=O) groups excluding carboxylic acids is 1. The molecule has 1 amide bonds. The first-order valence-corrected chi connectivity index (χ1v) is 19.5. The highest BCUT2D eigenvalue weighted by atomic mass is 35.5. The Morgan fingerprint density at radius 1 is 1.22 bits per heavy atom. The second-order valence-corrected chi connectivity index (χ2v) is 17.2. The van der Waals surface area contributed by atoms with Crippen LogP contribution in [0.15, 0.2) is 12.1 Å². The molecule has 284 valence electrons. The number of amides is 1. The third-order valence-corrected chi connectivity index (χ3v) is 12.8. The van der Waals surface area contributed by atoms with Crippen molar-refractivity contribution in [1.29, 1.82) is 5.26 Å². The molecule has 0 unspecified atom stereocenters. The number of rotatable bonds is 5. The van der Waals surface area contributed by atoms with Crippen LogP contribution in [0.1, 0.15) is 64.9 Å². The van der Waals surface area contributed by atoms with Crippen molar-refractivity contribution >= 4 is 60.8 Å². The van der Waals surface area contributed by atoms with Crippen LogP contribution in [0.2, 0.25) is 5.02 Å². The van der Waals surface area contributed by atoms with Gasteiger partial charge >= 0.3 is 12.1 Å². The van der Waals surface area contributed by atoms with Crippen LogP contribution in [0, 0.1) is 23.0 Å². The van der Waals surface area contributed by atoms with Crippen LogP contribution in [0.5, 0.6) is 11.8 Å². The molecule has 16 heteroatoms. The Balaban J connectivity index is 1.23. The van der Waals surface area contributed by atoms with Crippen LogP contribution in [-0.2, 0) is 9.47 Å². The average Bonchev–Trinajstić information content (AvgIpc) is 3.91. The third kappa shape index (κ3) is 5.70. The Hall–Kier alpha value is -4.10.